The summed E-state index contributed by atoms with van der Waals surface area (Å²) < 4.78 is 0. The van der Waals surface area contributed by atoms with Crippen LogP contribution in [0, 0.1) is 0 Å². The Labute approximate surface area is 107 Å². The van der Waals surface area contributed by atoms with Crippen molar-refractivity contribution in [2.45, 2.75) is 45.2 Å². The quantitative estimate of drug-likeness (QED) is 0.780. The van der Waals surface area contributed by atoms with Gasteiger partial charge in [0.1, 0.15) is 0 Å². The van der Waals surface area contributed by atoms with Crippen molar-refractivity contribution in [2.75, 3.05) is 41.4 Å². The molecule has 17 heavy (non-hydrogen) atoms. The van der Waals surface area contributed by atoms with Gasteiger partial charge >= 0.3 is 0 Å². The van der Waals surface area contributed by atoms with Crippen LogP contribution in [0.1, 0.15) is 34.1 Å². The Bertz CT molecular complexity index is 174. The highest BCUT2D eigenvalue weighted by molar-refractivity contribution is 4.84. The summed E-state index contributed by atoms with van der Waals surface area (Å²) in [5.74, 6) is 0. The van der Waals surface area contributed by atoms with Gasteiger partial charge in [-0.05, 0) is 55.4 Å². The van der Waals surface area contributed by atoms with Gasteiger partial charge in [0.05, 0.1) is 18.8 Å². The van der Waals surface area contributed by atoms with E-state index in [1.54, 1.807) is 0 Å². The van der Waals surface area contributed by atoms with Crippen LogP contribution in [0.25, 0.3) is 0 Å². The minimum absolute atomic E-state index is 0.00694. The molecule has 0 unspecified atom stereocenters. The first-order valence-electron chi connectivity index (χ1n) is 6.14. The van der Waals surface area contributed by atoms with E-state index in [1.807, 2.05) is 25.9 Å². The molecule has 4 nitrogen and oxygen atoms in total. The van der Waals surface area contributed by atoms with Crippen molar-refractivity contribution in [1.82, 2.24) is 9.80 Å². The third-order valence-electron chi connectivity index (χ3n) is 3.54. The molecule has 0 aliphatic carbocycles. The largest absolute Gasteiger partial charge is 0.394 e. The van der Waals surface area contributed by atoms with Crippen molar-refractivity contribution in [2.24, 2.45) is 0 Å². The lowest BCUT2D eigenvalue weighted by molar-refractivity contribution is 0.0140. The molecule has 0 aromatic rings. The maximum atomic E-state index is 8.95. The molecule has 0 saturated heterocycles. The van der Waals surface area contributed by atoms with Crippen LogP contribution >= 0.6 is 0 Å². The van der Waals surface area contributed by atoms with Gasteiger partial charge in [0, 0.05) is 5.54 Å². The van der Waals surface area contributed by atoms with Crippen molar-refractivity contribution in [3.8, 4) is 0 Å². The van der Waals surface area contributed by atoms with Crippen LogP contribution in [0.3, 0.4) is 0 Å². The van der Waals surface area contributed by atoms with Crippen LogP contribution < -0.4 is 0 Å². The Balaban J connectivity index is 0. The summed E-state index contributed by atoms with van der Waals surface area (Å²) in [4.78, 5) is 4.04. The average Bonchev–Trinajstić information content (AvgIpc) is 2.20. The molecule has 4 heteroatoms. The van der Waals surface area contributed by atoms with Crippen LogP contribution in [0.15, 0.2) is 0 Å². The molecule has 0 fully saturated rings. The summed E-state index contributed by atoms with van der Waals surface area (Å²) in [6.45, 7) is 8.53. The normalized spacial score (nSPS) is 12.7. The number of hydrogen-bond acceptors (Lipinski definition) is 4. The Kier molecular flexibility index (Phi) is 9.06. The van der Waals surface area contributed by atoms with Crippen LogP contribution in [0.2, 0.25) is 0 Å². The first kappa shape index (κ1) is 19.2. The standard InChI is InChI=1S/C7H17NO2.C6H15N/c1-4-7(5-9,6-10)8(2)3;1-6(2,3)7(4)5/h9-10H,4-6H2,1-3H3;1-5H3. The monoisotopic (exact) mass is 248 g/mol. The summed E-state index contributed by atoms with van der Waals surface area (Å²) in [5.41, 5.74) is -0.0972. The summed E-state index contributed by atoms with van der Waals surface area (Å²) in [7, 11) is 7.88. The molecule has 0 saturated carbocycles. The van der Waals surface area contributed by atoms with E-state index in [1.165, 1.54) is 0 Å². The fourth-order valence-corrected chi connectivity index (χ4v) is 0.873. The molecular weight excluding hydrogens is 216 g/mol. The molecular formula is C13H32N2O2. The summed E-state index contributed by atoms with van der Waals surface area (Å²) in [6, 6.07) is 0. The fraction of sp³-hybridized carbons (Fsp3) is 1.00. The molecule has 0 spiro atoms. The van der Waals surface area contributed by atoms with Crippen molar-refractivity contribution < 1.29 is 10.2 Å². The molecule has 106 valence electrons. The van der Waals surface area contributed by atoms with Gasteiger partial charge in [-0.3, -0.25) is 4.90 Å². The molecule has 0 rings (SSSR count). The SMILES string of the molecule is CCC(CO)(CO)N(C)C.CN(C)C(C)(C)C. The van der Waals surface area contributed by atoms with Crippen LogP contribution in [-0.4, -0.2) is 72.5 Å². The number of hydrogen-bond donors (Lipinski definition) is 2. The third kappa shape index (κ3) is 6.99. The molecule has 0 bridgehead atoms. The summed E-state index contributed by atoms with van der Waals surface area (Å²) in [5, 5.41) is 17.9. The Morgan fingerprint density at radius 1 is 0.824 bits per heavy atom. The maximum Gasteiger partial charge on any atom is 0.0665 e. The van der Waals surface area contributed by atoms with E-state index < -0.39 is 5.54 Å². The summed E-state index contributed by atoms with van der Waals surface area (Å²) >= 11 is 0. The lowest BCUT2D eigenvalue weighted by atomic mass is 9.97. The van der Waals surface area contributed by atoms with Crippen molar-refractivity contribution >= 4 is 0 Å². The number of aliphatic hydroxyl groups excluding tert-OH is 2. The highest BCUT2D eigenvalue weighted by atomic mass is 16.3. The number of rotatable bonds is 4. The average molecular weight is 248 g/mol. The van der Waals surface area contributed by atoms with Gasteiger partial charge < -0.3 is 15.1 Å². The Morgan fingerprint density at radius 3 is 1.12 bits per heavy atom. The van der Waals surface area contributed by atoms with Crippen LogP contribution in [-0.2, 0) is 0 Å². The van der Waals surface area contributed by atoms with Crippen molar-refractivity contribution in [3.05, 3.63) is 0 Å². The minimum atomic E-state index is -0.431. The Hall–Kier alpha value is -0.160. The molecule has 0 aliphatic heterocycles. The van der Waals surface area contributed by atoms with E-state index in [0.29, 0.717) is 5.54 Å². The first-order chi connectivity index (χ1) is 7.57. The first-order valence-corrected chi connectivity index (χ1v) is 6.14. The van der Waals surface area contributed by atoms with Crippen LogP contribution in [0.4, 0.5) is 0 Å². The van der Waals surface area contributed by atoms with E-state index in [0.717, 1.165) is 6.42 Å². The number of nitrogens with zero attached hydrogens (tertiary/aromatic N) is 2. The van der Waals surface area contributed by atoms with Gasteiger partial charge in [-0.25, -0.2) is 0 Å². The number of aliphatic hydroxyl groups is 2. The van der Waals surface area contributed by atoms with Crippen molar-refractivity contribution in [1.29, 1.82) is 0 Å². The van der Waals surface area contributed by atoms with Gasteiger partial charge in [-0.2, -0.15) is 0 Å². The second-order valence-electron chi connectivity index (χ2n) is 5.85. The molecule has 2 N–H and O–H groups in total. The molecule has 0 amide bonds. The molecule has 0 heterocycles. The van der Waals surface area contributed by atoms with E-state index in [4.69, 9.17) is 10.2 Å². The lowest BCUT2D eigenvalue weighted by Crippen LogP contribution is -2.50. The second-order valence-corrected chi connectivity index (χ2v) is 5.85. The molecule has 0 aliphatic rings. The molecule has 0 aromatic heterocycles. The molecule has 0 radical (unpaired) electrons. The topological polar surface area (TPSA) is 46.9 Å². The van der Waals surface area contributed by atoms with E-state index in [9.17, 15) is 0 Å². The highest BCUT2D eigenvalue weighted by Gasteiger charge is 2.28. The minimum Gasteiger partial charge on any atom is -0.394 e. The molecule has 0 atom stereocenters. The smallest absolute Gasteiger partial charge is 0.0665 e. The zero-order valence-electron chi connectivity index (χ0n) is 12.9. The van der Waals surface area contributed by atoms with E-state index in [-0.39, 0.29) is 13.2 Å². The highest BCUT2D eigenvalue weighted by Crippen LogP contribution is 2.14. The van der Waals surface area contributed by atoms with E-state index in [2.05, 4.69) is 39.8 Å². The lowest BCUT2D eigenvalue weighted by Gasteiger charge is -2.35. The predicted octanol–water partition coefficient (Wildman–Crippen LogP) is 1.03. The zero-order chi connectivity index (χ0) is 14.3. The van der Waals surface area contributed by atoms with E-state index >= 15 is 0 Å². The summed E-state index contributed by atoms with van der Waals surface area (Å²) in [6.07, 6.45) is 0.757. The van der Waals surface area contributed by atoms with Gasteiger partial charge in [0.2, 0.25) is 0 Å². The Morgan fingerprint density at radius 2 is 1.12 bits per heavy atom. The number of likely N-dealkylation sites (N-methyl/N-ethyl adjacent to an activating group) is 1. The third-order valence-corrected chi connectivity index (χ3v) is 3.54. The van der Waals surface area contributed by atoms with Gasteiger partial charge in [-0.1, -0.05) is 6.92 Å². The predicted molar refractivity (Wildman–Crippen MR) is 74.3 cm³/mol. The van der Waals surface area contributed by atoms with Crippen molar-refractivity contribution in [3.63, 3.8) is 0 Å². The fourth-order valence-electron chi connectivity index (χ4n) is 0.873. The second kappa shape index (κ2) is 8.03. The van der Waals surface area contributed by atoms with Gasteiger partial charge in [0.25, 0.3) is 0 Å². The zero-order valence-corrected chi connectivity index (χ0v) is 12.9. The molecule has 0 aromatic carbocycles. The maximum absolute atomic E-state index is 8.95. The van der Waals surface area contributed by atoms with Gasteiger partial charge in [0.15, 0.2) is 0 Å². The van der Waals surface area contributed by atoms with Gasteiger partial charge in [-0.15, -0.1) is 0 Å². The van der Waals surface area contributed by atoms with Crippen LogP contribution in [0.5, 0.6) is 0 Å².